The number of rotatable bonds is 1. The molecule has 2 bridgehead atoms. The fraction of sp³-hybridized carbons (Fsp3) is 0.933. The van der Waals surface area contributed by atoms with Gasteiger partial charge in [-0.3, -0.25) is 0 Å². The van der Waals surface area contributed by atoms with Crippen LogP contribution in [0.1, 0.15) is 46.5 Å². The van der Waals surface area contributed by atoms with Crippen LogP contribution in [0.2, 0.25) is 0 Å². The number of piperidine rings is 1. The van der Waals surface area contributed by atoms with Crippen molar-refractivity contribution >= 4 is 6.09 Å². The molecule has 3 atom stereocenters. The lowest BCUT2D eigenvalue weighted by Crippen LogP contribution is -2.45. The maximum absolute atomic E-state index is 12.2. The standard InChI is InChI=1S/C15H27NO3/c1-15(2,3)19-14(18)16-8-11-4-5-12(10-17)7-13(6-11)9-16/h11-13,17H,4-10H2,1-3H3/t11-,12+,13+/m0/s1. The summed E-state index contributed by atoms with van der Waals surface area (Å²) in [6, 6.07) is 0. The molecule has 1 N–H and O–H groups in total. The molecular weight excluding hydrogens is 242 g/mol. The monoisotopic (exact) mass is 269 g/mol. The molecule has 1 heterocycles. The molecule has 0 radical (unpaired) electrons. The summed E-state index contributed by atoms with van der Waals surface area (Å²) in [7, 11) is 0. The van der Waals surface area contributed by atoms with Crippen LogP contribution in [0.5, 0.6) is 0 Å². The number of amides is 1. The zero-order valence-electron chi connectivity index (χ0n) is 12.4. The second-order valence-electron chi connectivity index (χ2n) is 7.21. The van der Waals surface area contributed by atoms with Crippen LogP contribution < -0.4 is 0 Å². The van der Waals surface area contributed by atoms with Crippen LogP contribution in [0, 0.1) is 17.8 Å². The number of carbonyl (C=O) groups is 1. The number of aliphatic hydroxyl groups is 1. The van der Waals surface area contributed by atoms with Gasteiger partial charge in [-0.25, -0.2) is 4.79 Å². The molecule has 2 fully saturated rings. The molecule has 4 nitrogen and oxygen atoms in total. The van der Waals surface area contributed by atoms with Crippen LogP contribution in [-0.4, -0.2) is 41.4 Å². The van der Waals surface area contributed by atoms with Gasteiger partial charge in [0.1, 0.15) is 5.60 Å². The maximum atomic E-state index is 12.2. The lowest BCUT2D eigenvalue weighted by atomic mass is 9.87. The Labute approximate surface area is 116 Å². The van der Waals surface area contributed by atoms with Crippen LogP contribution in [-0.2, 0) is 4.74 Å². The van der Waals surface area contributed by atoms with Gasteiger partial charge in [0.2, 0.25) is 0 Å². The number of aliphatic hydroxyl groups excluding tert-OH is 1. The minimum atomic E-state index is -0.423. The zero-order chi connectivity index (χ0) is 14.0. The molecule has 4 heteroatoms. The summed E-state index contributed by atoms with van der Waals surface area (Å²) in [5.74, 6) is 1.54. The van der Waals surface area contributed by atoms with Gasteiger partial charge in [0.25, 0.3) is 0 Å². The van der Waals surface area contributed by atoms with Gasteiger partial charge in [0, 0.05) is 19.7 Å². The summed E-state index contributed by atoms with van der Waals surface area (Å²) in [6.07, 6.45) is 4.30. The normalized spacial score (nSPS) is 31.8. The van der Waals surface area contributed by atoms with Gasteiger partial charge in [-0.2, -0.15) is 0 Å². The van der Waals surface area contributed by atoms with Gasteiger partial charge in [-0.05, 0) is 64.2 Å². The number of carbonyl (C=O) groups excluding carboxylic acids is 1. The van der Waals surface area contributed by atoms with E-state index in [9.17, 15) is 9.90 Å². The Kier molecular flexibility index (Phi) is 4.39. The quantitative estimate of drug-likeness (QED) is 0.796. The van der Waals surface area contributed by atoms with Crippen molar-refractivity contribution in [1.82, 2.24) is 4.90 Å². The van der Waals surface area contributed by atoms with Crippen LogP contribution in [0.25, 0.3) is 0 Å². The first-order chi connectivity index (χ1) is 8.87. The van der Waals surface area contributed by atoms with Gasteiger partial charge < -0.3 is 14.7 Å². The fourth-order valence-electron chi connectivity index (χ4n) is 3.40. The van der Waals surface area contributed by atoms with E-state index in [4.69, 9.17) is 4.74 Å². The number of ether oxygens (including phenoxy) is 1. The molecule has 0 aromatic heterocycles. The molecule has 0 unspecified atom stereocenters. The average Bonchev–Trinajstić information content (AvgIpc) is 2.45. The molecular formula is C15H27NO3. The van der Waals surface area contributed by atoms with Gasteiger partial charge in [-0.1, -0.05) is 0 Å². The Morgan fingerprint density at radius 3 is 2.53 bits per heavy atom. The number of nitrogens with zero attached hydrogens (tertiary/aromatic N) is 1. The Morgan fingerprint density at radius 1 is 1.21 bits per heavy atom. The Bertz CT molecular complexity index is 324. The molecule has 1 aliphatic carbocycles. The van der Waals surface area contributed by atoms with E-state index < -0.39 is 5.60 Å². The topological polar surface area (TPSA) is 49.8 Å². The third kappa shape index (κ3) is 4.10. The highest BCUT2D eigenvalue weighted by molar-refractivity contribution is 5.68. The van der Waals surface area contributed by atoms with Crippen molar-refractivity contribution in [3.8, 4) is 0 Å². The van der Waals surface area contributed by atoms with Crippen molar-refractivity contribution in [2.45, 2.75) is 52.1 Å². The van der Waals surface area contributed by atoms with Gasteiger partial charge in [0.15, 0.2) is 0 Å². The maximum Gasteiger partial charge on any atom is 0.410 e. The first-order valence-corrected chi connectivity index (χ1v) is 7.46. The van der Waals surface area contributed by atoms with Gasteiger partial charge >= 0.3 is 6.09 Å². The smallest absolute Gasteiger partial charge is 0.410 e. The summed E-state index contributed by atoms with van der Waals surface area (Å²) in [5, 5.41) is 9.36. The summed E-state index contributed by atoms with van der Waals surface area (Å²) in [4.78, 5) is 14.0. The Hall–Kier alpha value is -0.770. The van der Waals surface area contributed by atoms with Crippen LogP contribution in [0.15, 0.2) is 0 Å². The van der Waals surface area contributed by atoms with Crippen molar-refractivity contribution in [3.63, 3.8) is 0 Å². The first-order valence-electron chi connectivity index (χ1n) is 7.46. The van der Waals surface area contributed by atoms with Crippen molar-refractivity contribution < 1.29 is 14.6 Å². The zero-order valence-corrected chi connectivity index (χ0v) is 12.4. The van der Waals surface area contributed by atoms with Gasteiger partial charge in [-0.15, -0.1) is 0 Å². The second-order valence-corrected chi connectivity index (χ2v) is 7.21. The van der Waals surface area contributed by atoms with E-state index in [2.05, 4.69) is 0 Å². The van der Waals surface area contributed by atoms with Crippen molar-refractivity contribution in [1.29, 1.82) is 0 Å². The van der Waals surface area contributed by atoms with E-state index in [-0.39, 0.29) is 12.7 Å². The molecule has 110 valence electrons. The van der Waals surface area contributed by atoms with E-state index in [0.717, 1.165) is 32.4 Å². The molecule has 0 aromatic rings. The highest BCUT2D eigenvalue weighted by Crippen LogP contribution is 2.36. The molecule has 2 rings (SSSR count). The third-order valence-corrected chi connectivity index (χ3v) is 4.18. The minimum Gasteiger partial charge on any atom is -0.444 e. The number of likely N-dealkylation sites (tertiary alicyclic amines) is 1. The van der Waals surface area contributed by atoms with Crippen LogP contribution in [0.3, 0.4) is 0 Å². The van der Waals surface area contributed by atoms with E-state index >= 15 is 0 Å². The van der Waals surface area contributed by atoms with Crippen molar-refractivity contribution in [2.24, 2.45) is 17.8 Å². The molecule has 0 spiro atoms. The first kappa shape index (κ1) is 14.6. The highest BCUT2D eigenvalue weighted by Gasteiger charge is 2.35. The van der Waals surface area contributed by atoms with Gasteiger partial charge in [0.05, 0.1) is 0 Å². The summed E-state index contributed by atoms with van der Waals surface area (Å²) in [5.41, 5.74) is -0.423. The Balaban J connectivity index is 1.97. The van der Waals surface area contributed by atoms with E-state index in [0.29, 0.717) is 17.8 Å². The Morgan fingerprint density at radius 2 is 1.89 bits per heavy atom. The molecule has 1 aliphatic heterocycles. The molecule has 1 saturated heterocycles. The van der Waals surface area contributed by atoms with Crippen LogP contribution in [0.4, 0.5) is 4.79 Å². The lowest BCUT2D eigenvalue weighted by Gasteiger charge is -2.37. The summed E-state index contributed by atoms with van der Waals surface area (Å²) in [6.45, 7) is 7.62. The second kappa shape index (κ2) is 5.70. The van der Waals surface area contributed by atoms with E-state index in [1.54, 1.807) is 0 Å². The predicted octanol–water partition coefficient (Wildman–Crippen LogP) is 2.65. The molecule has 19 heavy (non-hydrogen) atoms. The van der Waals surface area contributed by atoms with Crippen molar-refractivity contribution in [3.05, 3.63) is 0 Å². The van der Waals surface area contributed by atoms with Crippen molar-refractivity contribution in [2.75, 3.05) is 19.7 Å². The third-order valence-electron chi connectivity index (χ3n) is 4.18. The van der Waals surface area contributed by atoms with Crippen LogP contribution >= 0.6 is 0 Å². The van der Waals surface area contributed by atoms with E-state index in [1.807, 2.05) is 25.7 Å². The number of fused-ring (bicyclic) bond motifs is 2. The lowest BCUT2D eigenvalue weighted by molar-refractivity contribution is 0.00968. The number of hydrogen-bond acceptors (Lipinski definition) is 3. The average molecular weight is 269 g/mol. The SMILES string of the molecule is CC(C)(C)OC(=O)N1C[C@H]2C[C@H](CO)CC[C@@H](C2)C1. The summed E-state index contributed by atoms with van der Waals surface area (Å²) >= 11 is 0. The molecule has 2 aliphatic rings. The van der Waals surface area contributed by atoms with E-state index in [1.165, 1.54) is 6.42 Å². The largest absolute Gasteiger partial charge is 0.444 e. The number of hydrogen-bond donors (Lipinski definition) is 1. The molecule has 1 amide bonds. The molecule has 1 saturated carbocycles. The molecule has 0 aromatic carbocycles. The highest BCUT2D eigenvalue weighted by atomic mass is 16.6. The predicted molar refractivity (Wildman–Crippen MR) is 73.8 cm³/mol. The fourth-order valence-corrected chi connectivity index (χ4v) is 3.40. The minimum absolute atomic E-state index is 0.176. The summed E-state index contributed by atoms with van der Waals surface area (Å²) < 4.78 is 5.47.